The van der Waals surface area contributed by atoms with Crippen molar-refractivity contribution in [3.05, 3.63) is 53.3 Å². The molecule has 1 atom stereocenters. The fourth-order valence-corrected chi connectivity index (χ4v) is 3.48. The molecule has 7 nitrogen and oxygen atoms in total. The molecule has 1 heterocycles. The van der Waals surface area contributed by atoms with E-state index >= 15 is 0 Å². The zero-order chi connectivity index (χ0) is 21.6. The molecule has 1 aliphatic carbocycles. The van der Waals surface area contributed by atoms with Crippen LogP contribution in [0, 0.1) is 10.2 Å². The van der Waals surface area contributed by atoms with Crippen LogP contribution in [0.4, 0.5) is 5.69 Å². The summed E-state index contributed by atoms with van der Waals surface area (Å²) in [5, 5.41) is 0. The van der Waals surface area contributed by atoms with E-state index in [1.807, 2.05) is 0 Å². The van der Waals surface area contributed by atoms with Crippen molar-refractivity contribution in [3.8, 4) is 5.75 Å². The highest BCUT2D eigenvalue weighted by Gasteiger charge is 2.22. The molecule has 0 aromatic heterocycles. The fraction of sp³-hybridized carbons (Fsp3) is 0.429. The molecule has 160 valence electrons. The third-order valence-electron chi connectivity index (χ3n) is 4.97. The number of likely N-dealkylation sites (N-methyl/N-ethyl adjacent to an activating group) is 1. The Bertz CT molecular complexity index is 772. The van der Waals surface area contributed by atoms with E-state index in [0.29, 0.717) is 6.04 Å². The van der Waals surface area contributed by atoms with E-state index in [0.717, 1.165) is 43.3 Å². The molecule has 1 aromatic carbocycles. The van der Waals surface area contributed by atoms with Crippen LogP contribution in [0.15, 0.2) is 47.8 Å². The first-order valence-corrected chi connectivity index (χ1v) is 11.0. The Kier molecular flexibility index (Phi) is 8.27. The molecular weight excluding hydrogens is 396 g/mol. The number of ether oxygens (including phenoxy) is 1. The number of allylic oxidation sites excluding steroid dienone is 1. The van der Waals surface area contributed by atoms with Crippen LogP contribution >= 0.6 is 0 Å². The highest BCUT2D eigenvalue weighted by molar-refractivity contribution is 5.73. The van der Waals surface area contributed by atoms with Gasteiger partial charge in [0.15, 0.2) is 0 Å². The maximum atomic E-state index is 8.60. The lowest BCUT2D eigenvalue weighted by Crippen LogP contribution is -2.58. The summed E-state index contributed by atoms with van der Waals surface area (Å²) >= 11 is 0. The van der Waals surface area contributed by atoms with Crippen LogP contribution in [-0.4, -0.2) is 41.8 Å². The first kappa shape index (κ1) is 23.4. The summed E-state index contributed by atoms with van der Waals surface area (Å²) in [7, 11) is -4.69. The van der Waals surface area contributed by atoms with Crippen molar-refractivity contribution in [3.63, 3.8) is 0 Å². The van der Waals surface area contributed by atoms with Crippen LogP contribution in [0.1, 0.15) is 33.3 Å². The summed E-state index contributed by atoms with van der Waals surface area (Å²) in [6, 6.07) is 6.84. The third kappa shape index (κ3) is 6.57. The van der Waals surface area contributed by atoms with Gasteiger partial charge in [-0.2, -0.15) is 14.0 Å². The summed E-state index contributed by atoms with van der Waals surface area (Å²) in [4.78, 5) is 4.77. The third-order valence-corrected chi connectivity index (χ3v) is 4.97. The fourth-order valence-electron chi connectivity index (χ4n) is 3.48. The van der Waals surface area contributed by atoms with Gasteiger partial charge in [-0.05, 0) is 51.2 Å². The number of rotatable bonds is 6. The van der Waals surface area contributed by atoms with E-state index in [1.165, 1.54) is 11.3 Å². The van der Waals surface area contributed by atoms with Gasteiger partial charge in [0.25, 0.3) is 0 Å². The molecule has 3 rings (SSSR count). The van der Waals surface area contributed by atoms with Gasteiger partial charge in [-0.1, -0.05) is 26.0 Å². The van der Waals surface area contributed by atoms with Gasteiger partial charge in [0.1, 0.15) is 11.5 Å². The van der Waals surface area contributed by atoms with Gasteiger partial charge in [0.05, 0.1) is 20.9 Å². The van der Waals surface area contributed by atoms with E-state index in [1.54, 1.807) is 0 Å². The van der Waals surface area contributed by atoms with Gasteiger partial charge in [0, 0.05) is 36.0 Å². The van der Waals surface area contributed by atoms with Crippen molar-refractivity contribution in [2.75, 3.05) is 31.1 Å². The summed E-state index contributed by atoms with van der Waals surface area (Å²) in [6.45, 7) is 12.9. The molecule has 0 amide bonds. The van der Waals surface area contributed by atoms with Crippen molar-refractivity contribution < 1.29 is 33.6 Å². The summed E-state index contributed by atoms with van der Waals surface area (Å²) < 4.78 is 39.0. The number of halogens is 1. The molecule has 1 aromatic rings. The monoisotopic (exact) mass is 424 g/mol. The maximum absolute atomic E-state index is 8.60. The Balaban J connectivity index is 0.000000537. The molecule has 0 spiro atoms. The molecule has 1 aliphatic heterocycles. The average molecular weight is 425 g/mol. The second-order valence-electron chi connectivity index (χ2n) is 6.59. The molecule has 0 saturated heterocycles. The summed E-state index contributed by atoms with van der Waals surface area (Å²) in [6.07, 6.45) is 8.93. The smallest absolute Gasteiger partial charge is 0.136 e. The maximum Gasteiger partial charge on any atom is 0.136 e. The molecular formula is C21H29ClN2O5. The van der Waals surface area contributed by atoms with Gasteiger partial charge in [0.2, 0.25) is 0 Å². The zero-order valence-corrected chi connectivity index (χ0v) is 18.1. The minimum absolute atomic E-state index is 0.319. The Morgan fingerprint density at radius 2 is 1.66 bits per heavy atom. The van der Waals surface area contributed by atoms with E-state index in [-0.39, 0.29) is 0 Å². The molecule has 1 unspecified atom stereocenters. The van der Waals surface area contributed by atoms with Crippen LogP contribution < -0.4 is 23.6 Å². The van der Waals surface area contributed by atoms with Gasteiger partial charge in [-0.3, -0.25) is 4.90 Å². The topological polar surface area (TPSA) is 105 Å². The standard InChI is InChI=1S/C21H28N2O.ClHO4/c1-5-22(6-2)18-11-9-16-13-17-10-12-19(23(7-3)8-4)15-21(17)24-20(16)14-18;2-1(3,4)5/h9-15,18H,5-8H2,1-4H3;(H,2,3,4,5). The predicted molar refractivity (Wildman–Crippen MR) is 105 cm³/mol. The van der Waals surface area contributed by atoms with Crippen LogP contribution in [-0.2, 0) is 0 Å². The lowest BCUT2D eigenvalue weighted by atomic mass is 9.98. The second kappa shape index (κ2) is 10.2. The van der Waals surface area contributed by atoms with Crippen LogP contribution in [0.5, 0.6) is 5.75 Å². The Hall–Kier alpha value is -1.87. The van der Waals surface area contributed by atoms with Crippen LogP contribution in [0.2, 0.25) is 0 Å². The Morgan fingerprint density at radius 3 is 2.21 bits per heavy atom. The van der Waals surface area contributed by atoms with Crippen molar-refractivity contribution in [2.45, 2.75) is 33.7 Å². The SMILES string of the molecule is CCN(CC)c1ccc2c(c1)OC1=CC(N(CC)CC)C=CC1=C2.[O-][Cl+3]([O-])([O-])O. The van der Waals surface area contributed by atoms with Crippen LogP contribution in [0.3, 0.4) is 0 Å². The number of fused-ring (bicyclic) bond motifs is 2. The normalized spacial score (nSPS) is 17.3. The number of nitrogens with zero attached hydrogens (tertiary/aromatic N) is 2. The van der Waals surface area contributed by atoms with E-state index in [9.17, 15) is 0 Å². The quantitative estimate of drug-likeness (QED) is 0.702. The molecule has 1 N–H and O–H groups in total. The van der Waals surface area contributed by atoms with Crippen LogP contribution in [0.25, 0.3) is 6.08 Å². The van der Waals surface area contributed by atoms with Crippen molar-refractivity contribution >= 4 is 11.8 Å². The second-order valence-corrected chi connectivity index (χ2v) is 7.39. The lowest BCUT2D eigenvalue weighted by Gasteiger charge is -2.30. The highest BCUT2D eigenvalue weighted by Crippen LogP contribution is 2.37. The minimum atomic E-state index is -4.69. The predicted octanol–water partition coefficient (Wildman–Crippen LogP) is 0.349. The van der Waals surface area contributed by atoms with Gasteiger partial charge in [-0.15, -0.1) is 0 Å². The number of hydrogen-bond acceptors (Lipinski definition) is 7. The van der Waals surface area contributed by atoms with E-state index in [2.05, 4.69) is 80.0 Å². The Morgan fingerprint density at radius 1 is 1.03 bits per heavy atom. The molecule has 29 heavy (non-hydrogen) atoms. The summed E-state index contributed by atoms with van der Waals surface area (Å²) in [5.74, 6) is 1.95. The van der Waals surface area contributed by atoms with E-state index < -0.39 is 10.2 Å². The molecule has 0 saturated carbocycles. The van der Waals surface area contributed by atoms with Gasteiger partial charge in [-0.25, -0.2) is 0 Å². The lowest BCUT2D eigenvalue weighted by molar-refractivity contribution is -1.92. The molecule has 0 bridgehead atoms. The van der Waals surface area contributed by atoms with Crippen molar-refractivity contribution in [2.24, 2.45) is 0 Å². The first-order chi connectivity index (χ1) is 13.7. The van der Waals surface area contributed by atoms with Crippen molar-refractivity contribution in [1.82, 2.24) is 4.90 Å². The number of benzene rings is 1. The van der Waals surface area contributed by atoms with Gasteiger partial charge >= 0.3 is 0 Å². The van der Waals surface area contributed by atoms with Crippen molar-refractivity contribution in [1.29, 1.82) is 0 Å². The van der Waals surface area contributed by atoms with Gasteiger partial charge < -0.3 is 9.64 Å². The minimum Gasteiger partial charge on any atom is -0.456 e. The molecule has 2 aliphatic rings. The molecule has 0 radical (unpaired) electrons. The highest BCUT2D eigenvalue weighted by atomic mass is 35.7. The zero-order valence-electron chi connectivity index (χ0n) is 17.3. The summed E-state index contributed by atoms with van der Waals surface area (Å²) in [5.41, 5.74) is 3.55. The number of anilines is 1. The first-order valence-electron chi connectivity index (χ1n) is 9.76. The molecule has 8 heteroatoms. The average Bonchev–Trinajstić information content (AvgIpc) is 2.67. The largest absolute Gasteiger partial charge is 0.456 e. The van der Waals surface area contributed by atoms with E-state index in [4.69, 9.17) is 23.4 Å². The number of hydrogen-bond donors (Lipinski definition) is 1. The molecule has 0 fully saturated rings. The Labute approximate surface area is 174 Å².